The van der Waals surface area contributed by atoms with Crippen LogP contribution in [0, 0.1) is 11.6 Å². The molecule has 2 aliphatic rings. The molecule has 0 radical (unpaired) electrons. The monoisotopic (exact) mass is 406 g/mol. The third kappa shape index (κ3) is 4.95. The lowest BCUT2D eigenvalue weighted by molar-refractivity contribution is -0.137. The van der Waals surface area contributed by atoms with Crippen LogP contribution in [0.25, 0.3) is 0 Å². The summed E-state index contributed by atoms with van der Waals surface area (Å²) in [6.07, 6.45) is 6.00. The first-order chi connectivity index (χ1) is 13.8. The SMILES string of the molecule is CC(CCCC(=O)O)c1c(F)cc(C2=NC(OC3CCC3)=CC(C)N2C)cc1F. The summed E-state index contributed by atoms with van der Waals surface area (Å²) in [6, 6.07) is 2.60. The van der Waals surface area contributed by atoms with E-state index in [1.807, 2.05) is 24.9 Å². The lowest BCUT2D eigenvalue weighted by atomic mass is 9.93. The summed E-state index contributed by atoms with van der Waals surface area (Å²) in [6.45, 7) is 3.69. The van der Waals surface area contributed by atoms with Gasteiger partial charge in [0.05, 0.1) is 6.04 Å². The van der Waals surface area contributed by atoms with Crippen LogP contribution < -0.4 is 0 Å². The minimum atomic E-state index is -0.908. The zero-order valence-corrected chi connectivity index (χ0v) is 17.1. The lowest BCUT2D eigenvalue weighted by Gasteiger charge is -2.33. The number of carbonyl (C=O) groups is 1. The van der Waals surface area contributed by atoms with Crippen LogP contribution >= 0.6 is 0 Å². The molecule has 29 heavy (non-hydrogen) atoms. The molecule has 0 spiro atoms. The van der Waals surface area contributed by atoms with E-state index in [0.717, 1.165) is 19.3 Å². The second-order valence-electron chi connectivity index (χ2n) is 8.00. The summed E-state index contributed by atoms with van der Waals surface area (Å²) in [7, 11) is 1.83. The highest BCUT2D eigenvalue weighted by molar-refractivity contribution is 6.00. The Morgan fingerprint density at radius 2 is 2.00 bits per heavy atom. The van der Waals surface area contributed by atoms with E-state index in [2.05, 4.69) is 4.99 Å². The molecule has 2 atom stereocenters. The molecule has 1 aliphatic carbocycles. The van der Waals surface area contributed by atoms with Crippen molar-refractivity contribution in [2.45, 2.75) is 70.4 Å². The summed E-state index contributed by atoms with van der Waals surface area (Å²) < 4.78 is 35.5. The fourth-order valence-corrected chi connectivity index (χ4v) is 3.61. The second kappa shape index (κ2) is 8.93. The number of nitrogens with zero attached hydrogens (tertiary/aromatic N) is 2. The highest BCUT2D eigenvalue weighted by atomic mass is 19.1. The fourth-order valence-electron chi connectivity index (χ4n) is 3.61. The van der Waals surface area contributed by atoms with Crippen molar-refractivity contribution in [3.63, 3.8) is 0 Å². The van der Waals surface area contributed by atoms with Crippen molar-refractivity contribution in [1.82, 2.24) is 4.90 Å². The van der Waals surface area contributed by atoms with Gasteiger partial charge >= 0.3 is 5.97 Å². The average Bonchev–Trinajstić information content (AvgIpc) is 2.60. The van der Waals surface area contributed by atoms with E-state index in [4.69, 9.17) is 9.84 Å². The number of benzene rings is 1. The first kappa shape index (κ1) is 21.3. The van der Waals surface area contributed by atoms with Crippen LogP contribution in [-0.4, -0.2) is 41.0 Å². The molecule has 2 unspecified atom stereocenters. The first-order valence-corrected chi connectivity index (χ1v) is 10.2. The first-order valence-electron chi connectivity index (χ1n) is 10.2. The molecular formula is C22H28F2N2O3. The fraction of sp³-hybridized carbons (Fsp3) is 0.545. The second-order valence-corrected chi connectivity index (χ2v) is 8.00. The summed E-state index contributed by atoms with van der Waals surface area (Å²) in [5, 5.41) is 8.75. The molecule has 1 heterocycles. The molecule has 1 aromatic rings. The lowest BCUT2D eigenvalue weighted by Crippen LogP contribution is -2.38. The molecule has 0 saturated heterocycles. The van der Waals surface area contributed by atoms with Crippen molar-refractivity contribution < 1.29 is 23.4 Å². The van der Waals surface area contributed by atoms with Crippen LogP contribution in [0.15, 0.2) is 29.1 Å². The van der Waals surface area contributed by atoms with E-state index in [-0.39, 0.29) is 24.1 Å². The van der Waals surface area contributed by atoms with E-state index in [9.17, 15) is 13.6 Å². The Kier molecular flexibility index (Phi) is 6.55. The largest absolute Gasteiger partial charge is 0.481 e. The van der Waals surface area contributed by atoms with E-state index in [0.29, 0.717) is 30.1 Å². The molecule has 0 amide bonds. The van der Waals surface area contributed by atoms with Gasteiger partial charge in [-0.25, -0.2) is 8.78 Å². The summed E-state index contributed by atoms with van der Waals surface area (Å²) >= 11 is 0. The van der Waals surface area contributed by atoms with Crippen LogP contribution in [0.5, 0.6) is 0 Å². The average molecular weight is 406 g/mol. The van der Waals surface area contributed by atoms with Crippen molar-refractivity contribution in [1.29, 1.82) is 0 Å². The van der Waals surface area contributed by atoms with Gasteiger partial charge in [0.15, 0.2) is 0 Å². The third-order valence-corrected chi connectivity index (χ3v) is 5.74. The Hall–Kier alpha value is -2.44. The Balaban J connectivity index is 1.82. The predicted octanol–water partition coefficient (Wildman–Crippen LogP) is 4.81. The smallest absolute Gasteiger partial charge is 0.303 e. The van der Waals surface area contributed by atoms with Gasteiger partial charge in [-0.3, -0.25) is 4.79 Å². The number of carboxylic acids is 1. The topological polar surface area (TPSA) is 62.1 Å². The molecule has 3 rings (SSSR count). The highest BCUT2D eigenvalue weighted by Crippen LogP contribution is 2.30. The van der Waals surface area contributed by atoms with Gasteiger partial charge in [-0.1, -0.05) is 6.92 Å². The van der Waals surface area contributed by atoms with Gasteiger partial charge < -0.3 is 14.7 Å². The van der Waals surface area contributed by atoms with Gasteiger partial charge in [0.25, 0.3) is 0 Å². The minimum Gasteiger partial charge on any atom is -0.481 e. The molecule has 1 N–H and O–H groups in total. The molecule has 0 bridgehead atoms. The number of carboxylic acid groups (broad SMARTS) is 1. The number of aliphatic imine (C=N–C) groups is 1. The maximum atomic E-state index is 14.8. The molecule has 1 aromatic carbocycles. The van der Waals surface area contributed by atoms with E-state index in [1.54, 1.807) is 6.92 Å². The van der Waals surface area contributed by atoms with Gasteiger partial charge in [-0.15, -0.1) is 0 Å². The molecule has 158 valence electrons. The molecule has 5 nitrogen and oxygen atoms in total. The summed E-state index contributed by atoms with van der Waals surface area (Å²) in [4.78, 5) is 17.0. The number of hydrogen-bond acceptors (Lipinski definition) is 4. The number of rotatable bonds is 8. The van der Waals surface area contributed by atoms with E-state index >= 15 is 0 Å². The molecular weight excluding hydrogens is 378 g/mol. The summed E-state index contributed by atoms with van der Waals surface area (Å²) in [5.74, 6) is -1.62. The zero-order valence-electron chi connectivity index (χ0n) is 17.1. The van der Waals surface area contributed by atoms with Crippen LogP contribution in [0.1, 0.15) is 69.4 Å². The van der Waals surface area contributed by atoms with Gasteiger partial charge in [-0.2, -0.15) is 4.99 Å². The molecule has 1 aliphatic heterocycles. The summed E-state index contributed by atoms with van der Waals surface area (Å²) in [5.41, 5.74) is 0.353. The van der Waals surface area contributed by atoms with Crippen molar-refractivity contribution in [3.8, 4) is 0 Å². The number of likely N-dealkylation sites (N-methyl/N-ethyl adjacent to an activating group) is 1. The zero-order chi connectivity index (χ0) is 21.1. The Bertz CT molecular complexity index is 810. The normalized spacial score (nSPS) is 20.6. The van der Waals surface area contributed by atoms with Crippen LogP contribution in [-0.2, 0) is 9.53 Å². The number of hydrogen-bond donors (Lipinski definition) is 1. The maximum Gasteiger partial charge on any atom is 0.303 e. The van der Waals surface area contributed by atoms with Gasteiger partial charge in [-0.05, 0) is 57.1 Å². The molecule has 7 heteroatoms. The van der Waals surface area contributed by atoms with Crippen LogP contribution in [0.2, 0.25) is 0 Å². The molecule has 1 fully saturated rings. The van der Waals surface area contributed by atoms with Crippen LogP contribution in [0.3, 0.4) is 0 Å². The number of amidine groups is 1. The number of aliphatic carboxylic acids is 1. The number of halogens is 2. The molecule has 0 aromatic heterocycles. The Morgan fingerprint density at radius 3 is 2.55 bits per heavy atom. The van der Waals surface area contributed by atoms with Crippen molar-refractivity contribution >= 4 is 11.8 Å². The minimum absolute atomic E-state index is 0.00673. The third-order valence-electron chi connectivity index (χ3n) is 5.74. The van der Waals surface area contributed by atoms with Crippen LogP contribution in [0.4, 0.5) is 8.78 Å². The standard InChI is InChI=1S/C22H28F2N2O3/c1-13(6-4-9-20(27)28)21-17(23)11-15(12-18(21)24)22-25-19(10-14(2)26(22)3)29-16-7-5-8-16/h10-14,16H,4-9H2,1-3H3,(H,27,28). The van der Waals surface area contributed by atoms with Crippen molar-refractivity contribution in [2.24, 2.45) is 4.99 Å². The Labute approximate surface area is 170 Å². The highest BCUT2D eigenvalue weighted by Gasteiger charge is 2.27. The van der Waals surface area contributed by atoms with E-state index in [1.165, 1.54) is 12.1 Å². The van der Waals surface area contributed by atoms with Crippen molar-refractivity contribution in [3.05, 3.63) is 46.9 Å². The predicted molar refractivity (Wildman–Crippen MR) is 107 cm³/mol. The van der Waals surface area contributed by atoms with Gasteiger partial charge in [0, 0.05) is 30.7 Å². The quantitative estimate of drug-likeness (QED) is 0.673. The van der Waals surface area contributed by atoms with Crippen molar-refractivity contribution in [2.75, 3.05) is 7.05 Å². The Morgan fingerprint density at radius 1 is 1.34 bits per heavy atom. The van der Waals surface area contributed by atoms with Gasteiger partial charge in [0.1, 0.15) is 23.6 Å². The molecule has 1 saturated carbocycles. The van der Waals surface area contributed by atoms with Gasteiger partial charge in [0.2, 0.25) is 5.88 Å². The number of ether oxygens (including phenoxy) is 1. The van der Waals surface area contributed by atoms with E-state index < -0.39 is 23.5 Å². The maximum absolute atomic E-state index is 14.8.